The number of carbonyl (C=O) groups is 1. The molecule has 0 spiro atoms. The van der Waals surface area contributed by atoms with Crippen molar-refractivity contribution >= 4 is 15.9 Å². The molecule has 7 heteroatoms. The zero-order valence-electron chi connectivity index (χ0n) is 17.8. The molecule has 2 aromatic rings. The molecule has 0 saturated carbocycles. The van der Waals surface area contributed by atoms with Crippen molar-refractivity contribution in [2.75, 3.05) is 33.3 Å². The van der Waals surface area contributed by atoms with Gasteiger partial charge in [-0.2, -0.15) is 4.31 Å². The normalized spacial score (nSPS) is 20.0. The first kappa shape index (κ1) is 22.3. The van der Waals surface area contributed by atoms with Crippen LogP contribution in [-0.2, 0) is 10.0 Å². The van der Waals surface area contributed by atoms with E-state index in [0.29, 0.717) is 43.6 Å². The molecule has 2 aromatic carbocycles. The second-order valence-corrected chi connectivity index (χ2v) is 10.1. The fraction of sp³-hybridized carbons (Fsp3) is 0.435. The third-order valence-corrected chi connectivity index (χ3v) is 7.21. The highest BCUT2D eigenvalue weighted by molar-refractivity contribution is 7.89. The molecule has 0 bridgehead atoms. The molecule has 0 N–H and O–H groups in total. The maximum absolute atomic E-state index is 13.0. The smallest absolute Gasteiger partial charge is 0.253 e. The number of likely N-dealkylation sites (N-methyl/N-ethyl adjacent to an activating group) is 1. The summed E-state index contributed by atoms with van der Waals surface area (Å²) in [6.45, 7) is 6.05. The van der Waals surface area contributed by atoms with Gasteiger partial charge in [0.25, 0.3) is 5.91 Å². The number of amides is 1. The molecular formula is C23H30N2O4S. The summed E-state index contributed by atoms with van der Waals surface area (Å²) in [5, 5.41) is 0. The Hall–Kier alpha value is -2.38. The number of hydrogen-bond acceptors (Lipinski definition) is 4. The Labute approximate surface area is 179 Å². The molecule has 0 aliphatic carbocycles. The lowest BCUT2D eigenvalue weighted by molar-refractivity contribution is 0.0773. The number of nitrogens with zero attached hydrogens (tertiary/aromatic N) is 2. The highest BCUT2D eigenvalue weighted by Gasteiger charge is 2.31. The van der Waals surface area contributed by atoms with Crippen LogP contribution in [0.4, 0.5) is 0 Å². The van der Waals surface area contributed by atoms with Crippen LogP contribution >= 0.6 is 0 Å². The summed E-state index contributed by atoms with van der Waals surface area (Å²) in [5.41, 5.74) is 0.455. The minimum absolute atomic E-state index is 0.171. The number of sulfonamides is 1. The van der Waals surface area contributed by atoms with E-state index in [1.807, 2.05) is 30.3 Å². The van der Waals surface area contributed by atoms with Crippen LogP contribution in [0, 0.1) is 11.8 Å². The zero-order chi connectivity index (χ0) is 21.7. The van der Waals surface area contributed by atoms with Gasteiger partial charge in [-0.1, -0.05) is 32.0 Å². The van der Waals surface area contributed by atoms with Gasteiger partial charge in [0.15, 0.2) is 0 Å². The van der Waals surface area contributed by atoms with Crippen LogP contribution in [0.3, 0.4) is 0 Å². The van der Waals surface area contributed by atoms with Crippen LogP contribution in [0.5, 0.6) is 5.75 Å². The quantitative estimate of drug-likeness (QED) is 0.674. The molecule has 30 heavy (non-hydrogen) atoms. The Morgan fingerprint density at radius 3 is 2.23 bits per heavy atom. The van der Waals surface area contributed by atoms with Crippen molar-refractivity contribution in [2.24, 2.45) is 11.8 Å². The van der Waals surface area contributed by atoms with Gasteiger partial charge in [-0.25, -0.2) is 8.42 Å². The summed E-state index contributed by atoms with van der Waals surface area (Å²) in [5.74, 6) is 1.28. The van der Waals surface area contributed by atoms with Crippen LogP contribution in [0.2, 0.25) is 0 Å². The molecule has 6 nitrogen and oxygen atoms in total. The van der Waals surface area contributed by atoms with Crippen molar-refractivity contribution in [2.45, 2.75) is 25.2 Å². The highest BCUT2D eigenvalue weighted by atomic mass is 32.2. The van der Waals surface area contributed by atoms with E-state index in [2.05, 4.69) is 13.8 Å². The first-order chi connectivity index (χ1) is 14.3. The van der Waals surface area contributed by atoms with Crippen molar-refractivity contribution in [1.29, 1.82) is 0 Å². The second kappa shape index (κ2) is 9.62. The summed E-state index contributed by atoms with van der Waals surface area (Å²) in [4.78, 5) is 14.4. The van der Waals surface area contributed by atoms with Crippen LogP contribution in [-0.4, -0.2) is 56.8 Å². The van der Waals surface area contributed by atoms with Gasteiger partial charge in [0.05, 0.1) is 11.4 Å². The molecule has 1 heterocycles. The van der Waals surface area contributed by atoms with Gasteiger partial charge in [0.2, 0.25) is 10.0 Å². The Morgan fingerprint density at radius 2 is 1.63 bits per heavy atom. The lowest BCUT2D eigenvalue weighted by Gasteiger charge is -2.34. The topological polar surface area (TPSA) is 66.9 Å². The van der Waals surface area contributed by atoms with E-state index < -0.39 is 10.0 Å². The van der Waals surface area contributed by atoms with Crippen LogP contribution in [0.1, 0.15) is 30.6 Å². The third-order valence-electron chi connectivity index (χ3n) is 5.36. The van der Waals surface area contributed by atoms with E-state index in [1.54, 1.807) is 28.4 Å². The minimum atomic E-state index is -3.55. The molecular weight excluding hydrogens is 400 g/mol. The molecule has 1 amide bonds. The van der Waals surface area contributed by atoms with Crippen molar-refractivity contribution in [3.63, 3.8) is 0 Å². The number of para-hydroxylation sites is 1. The number of carbonyl (C=O) groups excluding carboxylic acids is 1. The Morgan fingerprint density at radius 1 is 1.03 bits per heavy atom. The van der Waals surface area contributed by atoms with Crippen LogP contribution < -0.4 is 4.74 Å². The van der Waals surface area contributed by atoms with Gasteiger partial charge in [0.1, 0.15) is 12.4 Å². The lowest BCUT2D eigenvalue weighted by atomic mass is 9.94. The largest absolute Gasteiger partial charge is 0.492 e. The van der Waals surface area contributed by atoms with Crippen molar-refractivity contribution in [1.82, 2.24) is 9.21 Å². The third kappa shape index (κ3) is 5.40. The molecule has 162 valence electrons. The van der Waals surface area contributed by atoms with Crippen molar-refractivity contribution < 1.29 is 17.9 Å². The molecule has 1 aliphatic rings. The summed E-state index contributed by atoms with van der Waals surface area (Å²) < 4.78 is 33.2. The highest BCUT2D eigenvalue weighted by Crippen LogP contribution is 2.26. The van der Waals surface area contributed by atoms with E-state index in [0.717, 1.165) is 12.2 Å². The van der Waals surface area contributed by atoms with Crippen molar-refractivity contribution in [3.05, 3.63) is 60.2 Å². The lowest BCUT2D eigenvalue weighted by Crippen LogP contribution is -2.42. The predicted molar refractivity (Wildman–Crippen MR) is 117 cm³/mol. The van der Waals surface area contributed by atoms with Gasteiger partial charge < -0.3 is 9.64 Å². The Kier molecular flexibility index (Phi) is 7.15. The molecule has 1 aliphatic heterocycles. The van der Waals surface area contributed by atoms with Crippen LogP contribution in [0.25, 0.3) is 0 Å². The van der Waals surface area contributed by atoms with Gasteiger partial charge in [-0.3, -0.25) is 4.79 Å². The molecule has 0 aromatic heterocycles. The standard InChI is InChI=1S/C23H30N2O4S/c1-18-15-19(2)17-25(16-18)30(27,28)22-11-9-20(10-12-22)23(26)24(3)13-14-29-21-7-5-4-6-8-21/h4-12,18-19H,13-17H2,1-3H3. The molecule has 1 fully saturated rings. The molecule has 3 rings (SSSR count). The average molecular weight is 431 g/mol. The summed E-state index contributed by atoms with van der Waals surface area (Å²) in [6.07, 6.45) is 1.04. The Bertz CT molecular complexity index is 935. The summed E-state index contributed by atoms with van der Waals surface area (Å²) in [6, 6.07) is 15.7. The number of hydrogen-bond donors (Lipinski definition) is 0. The maximum Gasteiger partial charge on any atom is 0.253 e. The SMILES string of the molecule is CC1CC(C)CN(S(=O)(=O)c2ccc(C(=O)N(C)CCOc3ccccc3)cc2)C1. The number of benzene rings is 2. The fourth-order valence-electron chi connectivity index (χ4n) is 3.86. The summed E-state index contributed by atoms with van der Waals surface area (Å²) in [7, 11) is -1.84. The van der Waals surface area contributed by atoms with E-state index >= 15 is 0 Å². The first-order valence-electron chi connectivity index (χ1n) is 10.3. The first-order valence-corrected chi connectivity index (χ1v) is 11.7. The molecule has 0 radical (unpaired) electrons. The van der Waals surface area contributed by atoms with E-state index in [9.17, 15) is 13.2 Å². The number of ether oxygens (including phenoxy) is 1. The van der Waals surface area contributed by atoms with Gasteiger partial charge in [0, 0.05) is 25.7 Å². The fourth-order valence-corrected chi connectivity index (χ4v) is 5.54. The van der Waals surface area contributed by atoms with E-state index in [-0.39, 0.29) is 10.8 Å². The molecule has 2 unspecified atom stereocenters. The maximum atomic E-state index is 13.0. The number of piperidine rings is 1. The predicted octanol–water partition coefficient (Wildman–Crippen LogP) is 3.50. The Balaban J connectivity index is 1.60. The zero-order valence-corrected chi connectivity index (χ0v) is 18.6. The van der Waals surface area contributed by atoms with Gasteiger partial charge in [-0.05, 0) is 54.7 Å². The van der Waals surface area contributed by atoms with Gasteiger partial charge in [-0.15, -0.1) is 0 Å². The van der Waals surface area contributed by atoms with E-state index in [1.165, 1.54) is 12.1 Å². The van der Waals surface area contributed by atoms with Crippen molar-refractivity contribution in [3.8, 4) is 5.75 Å². The van der Waals surface area contributed by atoms with Crippen LogP contribution in [0.15, 0.2) is 59.5 Å². The second-order valence-electron chi connectivity index (χ2n) is 8.18. The summed E-state index contributed by atoms with van der Waals surface area (Å²) >= 11 is 0. The minimum Gasteiger partial charge on any atom is -0.492 e. The average Bonchev–Trinajstić information content (AvgIpc) is 2.73. The monoisotopic (exact) mass is 430 g/mol. The molecule has 2 atom stereocenters. The van der Waals surface area contributed by atoms with E-state index in [4.69, 9.17) is 4.74 Å². The van der Waals surface area contributed by atoms with Gasteiger partial charge >= 0.3 is 0 Å². The number of rotatable bonds is 7. The molecule has 1 saturated heterocycles.